The van der Waals surface area contributed by atoms with E-state index < -0.39 is 7.12 Å². The first-order valence-electron chi connectivity index (χ1n) is 6.22. The minimum Gasteiger partial charge on any atom is -0.423 e. The van der Waals surface area contributed by atoms with Gasteiger partial charge >= 0.3 is 7.12 Å². The number of hydrogen-bond donors (Lipinski definition) is 2. The van der Waals surface area contributed by atoms with E-state index in [-0.39, 0.29) is 0 Å². The van der Waals surface area contributed by atoms with Gasteiger partial charge in [-0.25, -0.2) is 0 Å². The third-order valence-electron chi connectivity index (χ3n) is 3.52. The maximum Gasteiger partial charge on any atom is 0.491 e. The molecule has 1 saturated heterocycles. The molecule has 0 bridgehead atoms. The predicted molar refractivity (Wildman–Crippen MR) is 67.0 cm³/mol. The summed E-state index contributed by atoms with van der Waals surface area (Å²) in [6.07, 6.45) is 5.40. The van der Waals surface area contributed by atoms with Crippen molar-refractivity contribution in [2.45, 2.75) is 38.8 Å². The third kappa shape index (κ3) is 2.88. The van der Waals surface area contributed by atoms with Gasteiger partial charge in [0.2, 0.25) is 0 Å². The Morgan fingerprint density at radius 3 is 2.47 bits per heavy atom. The highest BCUT2D eigenvalue weighted by Crippen LogP contribution is 2.22. The molecule has 0 saturated carbocycles. The zero-order valence-corrected chi connectivity index (χ0v) is 10.5. The molecule has 2 N–H and O–H groups in total. The normalized spacial score (nSPS) is 18.9. The van der Waals surface area contributed by atoms with E-state index in [0.29, 0.717) is 17.5 Å². The first kappa shape index (κ1) is 12.6. The van der Waals surface area contributed by atoms with Crippen molar-refractivity contribution in [3.63, 3.8) is 0 Å². The van der Waals surface area contributed by atoms with Gasteiger partial charge in [-0.1, -0.05) is 0 Å². The first-order chi connectivity index (χ1) is 8.08. The van der Waals surface area contributed by atoms with Gasteiger partial charge in [-0.2, -0.15) is 5.10 Å². The van der Waals surface area contributed by atoms with Gasteiger partial charge in [0, 0.05) is 37.0 Å². The summed E-state index contributed by atoms with van der Waals surface area (Å²) in [5, 5.41) is 22.3. The molecule has 1 aromatic heterocycles. The van der Waals surface area contributed by atoms with Crippen molar-refractivity contribution in [1.82, 2.24) is 14.7 Å². The van der Waals surface area contributed by atoms with Crippen LogP contribution in [-0.2, 0) is 0 Å². The number of hydrogen-bond acceptors (Lipinski definition) is 4. The average molecular weight is 237 g/mol. The Bertz CT molecular complexity index is 359. The number of likely N-dealkylation sites (tertiary alicyclic amines) is 1. The zero-order chi connectivity index (χ0) is 12.4. The Balaban J connectivity index is 1.96. The smallest absolute Gasteiger partial charge is 0.423 e. The van der Waals surface area contributed by atoms with Crippen LogP contribution < -0.4 is 5.46 Å². The van der Waals surface area contributed by atoms with E-state index in [1.807, 2.05) is 4.68 Å². The maximum absolute atomic E-state index is 9.04. The Labute approximate surface area is 102 Å². The van der Waals surface area contributed by atoms with Crippen LogP contribution in [0, 0.1) is 0 Å². The molecule has 1 fully saturated rings. The summed E-state index contributed by atoms with van der Waals surface area (Å²) in [4.78, 5) is 2.46. The van der Waals surface area contributed by atoms with Gasteiger partial charge in [-0.15, -0.1) is 0 Å². The van der Waals surface area contributed by atoms with E-state index in [4.69, 9.17) is 10.0 Å². The molecule has 5 nitrogen and oxygen atoms in total. The van der Waals surface area contributed by atoms with Crippen molar-refractivity contribution in [3.05, 3.63) is 12.4 Å². The number of aromatic nitrogens is 2. The second-order valence-electron chi connectivity index (χ2n) is 4.99. The van der Waals surface area contributed by atoms with Gasteiger partial charge in [-0.05, 0) is 26.7 Å². The van der Waals surface area contributed by atoms with Crippen LogP contribution in [0.1, 0.15) is 32.7 Å². The Hall–Kier alpha value is -0.845. The molecule has 0 spiro atoms. The second-order valence-corrected chi connectivity index (χ2v) is 4.99. The quantitative estimate of drug-likeness (QED) is 0.703. The second kappa shape index (κ2) is 5.20. The summed E-state index contributed by atoms with van der Waals surface area (Å²) < 4.78 is 1.87. The van der Waals surface area contributed by atoms with Crippen molar-refractivity contribution in [1.29, 1.82) is 0 Å². The van der Waals surface area contributed by atoms with E-state index >= 15 is 0 Å². The van der Waals surface area contributed by atoms with Gasteiger partial charge in [0.25, 0.3) is 0 Å². The van der Waals surface area contributed by atoms with Gasteiger partial charge in [0.15, 0.2) is 0 Å². The fourth-order valence-electron chi connectivity index (χ4n) is 2.35. The standard InChI is InChI=1S/C11H20BN3O2/c1-9(2)14-5-3-11(4-6-14)15-8-10(7-13-15)12(16)17/h7-9,11,16-17H,3-6H2,1-2H3. The van der Waals surface area contributed by atoms with Gasteiger partial charge < -0.3 is 14.9 Å². The van der Waals surface area contributed by atoms with Crippen LogP contribution in [0.15, 0.2) is 12.4 Å². The Morgan fingerprint density at radius 2 is 2.00 bits per heavy atom. The highest BCUT2D eigenvalue weighted by atomic mass is 16.4. The molecule has 1 aliphatic heterocycles. The van der Waals surface area contributed by atoms with Crippen molar-refractivity contribution in [2.24, 2.45) is 0 Å². The molecule has 2 heterocycles. The van der Waals surface area contributed by atoms with Gasteiger partial charge in [0.1, 0.15) is 0 Å². The Kier molecular flexibility index (Phi) is 3.86. The van der Waals surface area contributed by atoms with Crippen LogP contribution in [0.2, 0.25) is 0 Å². The lowest BCUT2D eigenvalue weighted by molar-refractivity contribution is 0.147. The largest absolute Gasteiger partial charge is 0.491 e. The fraction of sp³-hybridized carbons (Fsp3) is 0.727. The highest BCUT2D eigenvalue weighted by molar-refractivity contribution is 6.58. The van der Waals surface area contributed by atoms with Crippen LogP contribution in [-0.4, -0.2) is 51.0 Å². The lowest BCUT2D eigenvalue weighted by atomic mass is 9.83. The summed E-state index contributed by atoms with van der Waals surface area (Å²) in [7, 11) is -1.42. The fourth-order valence-corrected chi connectivity index (χ4v) is 2.35. The SMILES string of the molecule is CC(C)N1CCC(n2cc(B(O)O)cn2)CC1. The van der Waals surface area contributed by atoms with Crippen molar-refractivity contribution >= 4 is 12.6 Å². The molecule has 0 radical (unpaired) electrons. The molecular weight excluding hydrogens is 217 g/mol. The van der Waals surface area contributed by atoms with Crippen molar-refractivity contribution < 1.29 is 10.0 Å². The van der Waals surface area contributed by atoms with Gasteiger partial charge in [-0.3, -0.25) is 4.68 Å². The molecular formula is C11H20BN3O2. The van der Waals surface area contributed by atoms with Crippen LogP contribution >= 0.6 is 0 Å². The molecule has 0 unspecified atom stereocenters. The van der Waals surface area contributed by atoms with E-state index in [2.05, 4.69) is 23.8 Å². The van der Waals surface area contributed by atoms with E-state index in [0.717, 1.165) is 25.9 Å². The summed E-state index contributed by atoms with van der Waals surface area (Å²) in [6.45, 7) is 6.60. The summed E-state index contributed by atoms with van der Waals surface area (Å²) in [6, 6.07) is 0.987. The zero-order valence-electron chi connectivity index (χ0n) is 10.5. The molecule has 2 rings (SSSR count). The van der Waals surface area contributed by atoms with E-state index in [9.17, 15) is 0 Å². The number of piperidine rings is 1. The summed E-state index contributed by atoms with van der Waals surface area (Å²) >= 11 is 0. The van der Waals surface area contributed by atoms with Crippen LogP contribution in [0.4, 0.5) is 0 Å². The highest BCUT2D eigenvalue weighted by Gasteiger charge is 2.23. The van der Waals surface area contributed by atoms with Crippen molar-refractivity contribution in [3.8, 4) is 0 Å². The molecule has 0 atom stereocenters. The minimum atomic E-state index is -1.42. The minimum absolute atomic E-state index is 0.387. The Morgan fingerprint density at radius 1 is 1.35 bits per heavy atom. The van der Waals surface area contributed by atoms with Crippen LogP contribution in [0.25, 0.3) is 0 Å². The van der Waals surface area contributed by atoms with Crippen LogP contribution in [0.5, 0.6) is 0 Å². The van der Waals surface area contributed by atoms with Crippen LogP contribution in [0.3, 0.4) is 0 Å². The number of rotatable bonds is 3. The first-order valence-corrected chi connectivity index (χ1v) is 6.22. The molecule has 1 aliphatic rings. The molecule has 0 amide bonds. The monoisotopic (exact) mass is 237 g/mol. The topological polar surface area (TPSA) is 61.5 Å². The maximum atomic E-state index is 9.04. The van der Waals surface area contributed by atoms with Crippen molar-refractivity contribution in [2.75, 3.05) is 13.1 Å². The third-order valence-corrected chi connectivity index (χ3v) is 3.52. The summed E-state index contributed by atoms with van der Waals surface area (Å²) in [5.74, 6) is 0. The lowest BCUT2D eigenvalue weighted by Crippen LogP contribution is -2.39. The molecule has 94 valence electrons. The predicted octanol–water partition coefficient (Wildman–Crippen LogP) is -0.392. The molecule has 0 aliphatic carbocycles. The molecule has 6 heteroatoms. The average Bonchev–Trinajstić information content (AvgIpc) is 2.78. The van der Waals surface area contributed by atoms with Gasteiger partial charge in [0.05, 0.1) is 6.04 Å². The molecule has 17 heavy (non-hydrogen) atoms. The number of nitrogens with zero attached hydrogens (tertiary/aromatic N) is 3. The van der Waals surface area contributed by atoms with E-state index in [1.54, 1.807) is 6.20 Å². The summed E-state index contributed by atoms with van der Waals surface area (Å²) in [5.41, 5.74) is 0.469. The molecule has 1 aromatic rings. The molecule has 0 aromatic carbocycles. The van der Waals surface area contributed by atoms with E-state index in [1.165, 1.54) is 6.20 Å². The lowest BCUT2D eigenvalue weighted by Gasteiger charge is -2.34.